The van der Waals surface area contributed by atoms with Crippen molar-refractivity contribution < 1.29 is 14.6 Å². The van der Waals surface area contributed by atoms with E-state index in [0.29, 0.717) is 35.4 Å². The summed E-state index contributed by atoms with van der Waals surface area (Å²) in [6, 6.07) is 14.3. The summed E-state index contributed by atoms with van der Waals surface area (Å²) >= 11 is 0. The summed E-state index contributed by atoms with van der Waals surface area (Å²) < 4.78 is 13.7. The van der Waals surface area contributed by atoms with Crippen LogP contribution in [0.25, 0.3) is 11.0 Å². The fourth-order valence-electron chi connectivity index (χ4n) is 5.23. The minimum absolute atomic E-state index is 0.137. The lowest BCUT2D eigenvalue weighted by Gasteiger charge is -2.26. The van der Waals surface area contributed by atoms with E-state index in [1.54, 1.807) is 13.3 Å². The topological polar surface area (TPSA) is 158 Å². The van der Waals surface area contributed by atoms with E-state index in [1.807, 2.05) is 35.0 Å². The monoisotopic (exact) mass is 560 g/mol. The van der Waals surface area contributed by atoms with Crippen LogP contribution in [0.15, 0.2) is 48.7 Å². The predicted molar refractivity (Wildman–Crippen MR) is 160 cm³/mol. The van der Waals surface area contributed by atoms with Crippen LogP contribution < -0.4 is 31.6 Å². The Morgan fingerprint density at radius 2 is 1.83 bits per heavy atom. The molecule has 2 aromatic heterocycles. The van der Waals surface area contributed by atoms with Gasteiger partial charge in [0.2, 0.25) is 5.95 Å². The molecule has 0 bridgehead atoms. The number of aromatic nitrogens is 4. The molecular weight excluding hydrogens is 520 g/mol. The summed E-state index contributed by atoms with van der Waals surface area (Å²) in [6.07, 6.45) is 6.80. The zero-order valence-corrected chi connectivity index (χ0v) is 23.7. The molecule has 41 heavy (non-hydrogen) atoms. The molecule has 0 aliphatic heterocycles. The van der Waals surface area contributed by atoms with Gasteiger partial charge in [-0.1, -0.05) is 25.5 Å². The first-order chi connectivity index (χ1) is 19.9. The summed E-state index contributed by atoms with van der Waals surface area (Å²) in [5.41, 5.74) is 15.6. The second-order valence-corrected chi connectivity index (χ2v) is 10.6. The van der Waals surface area contributed by atoms with Gasteiger partial charge in [-0.3, -0.25) is 4.68 Å². The number of aliphatic hydroxyl groups is 1. The average Bonchev–Trinajstić information content (AvgIpc) is 3.36. The number of fused-ring (bicyclic) bond motifs is 1. The molecule has 11 nitrogen and oxygen atoms in total. The molecule has 0 radical (unpaired) electrons. The minimum atomic E-state index is -0.260. The summed E-state index contributed by atoms with van der Waals surface area (Å²) in [5.74, 6) is 2.82. The molecule has 11 heteroatoms. The van der Waals surface area contributed by atoms with Crippen LogP contribution >= 0.6 is 0 Å². The molecule has 0 saturated heterocycles. The molecule has 1 aliphatic carbocycles. The zero-order chi connectivity index (χ0) is 28.8. The molecule has 1 atom stereocenters. The number of nitrogens with one attached hydrogen (secondary N) is 2. The Morgan fingerprint density at radius 1 is 1.07 bits per heavy atom. The maximum Gasteiger partial charge on any atom is 0.222 e. The Bertz CT molecular complexity index is 1430. The summed E-state index contributed by atoms with van der Waals surface area (Å²) in [4.78, 5) is 8.73. The maximum atomic E-state index is 9.70. The Hall–Kier alpha value is -3.93. The Balaban J connectivity index is 1.26. The number of methoxy groups -OCH3 is 1. The summed E-state index contributed by atoms with van der Waals surface area (Å²) in [5, 5.41) is 21.1. The average molecular weight is 561 g/mol. The van der Waals surface area contributed by atoms with Crippen LogP contribution in [0.4, 0.5) is 11.8 Å². The van der Waals surface area contributed by atoms with Crippen LogP contribution in [0.2, 0.25) is 0 Å². The first kappa shape index (κ1) is 28.6. The largest absolute Gasteiger partial charge is 0.496 e. The van der Waals surface area contributed by atoms with Gasteiger partial charge in [0, 0.05) is 24.2 Å². The highest BCUT2D eigenvalue weighted by atomic mass is 16.5. The highest BCUT2D eigenvalue weighted by Gasteiger charge is 2.19. The number of benzene rings is 2. The standard InChI is InChI=1S/C30H40N8O3/c1-3-4-27(31)36-29-28-25(35-30(32)37-29)17-34-38(28)18-20-7-14-24(15-26(20)40-2)41-23-12-5-19(6-13-23)16-33-21-8-10-22(39)11-9-21/h5-7,12-15,17,21-22,27,33,39H,3-4,8-11,16,18,31H2,1-2H3,(H3,32,35,36,37). The van der Waals surface area contributed by atoms with Crippen molar-refractivity contribution in [3.8, 4) is 17.2 Å². The SMILES string of the molecule is CCCC(N)Nc1nc(N)nc2cnn(Cc3ccc(Oc4ccc(CNC5CCC(O)CC5)cc4)cc3OC)c12. The molecule has 1 aliphatic rings. The van der Waals surface area contributed by atoms with Crippen molar-refractivity contribution in [3.05, 3.63) is 59.8 Å². The third-order valence-corrected chi connectivity index (χ3v) is 7.46. The number of aliphatic hydroxyl groups excluding tert-OH is 1. The molecule has 0 amide bonds. The van der Waals surface area contributed by atoms with E-state index in [1.165, 1.54) is 5.56 Å². The van der Waals surface area contributed by atoms with Crippen LogP contribution in [0.1, 0.15) is 56.6 Å². The Kier molecular flexibility index (Phi) is 9.17. The normalized spacial score (nSPS) is 17.9. The van der Waals surface area contributed by atoms with Gasteiger partial charge in [0.05, 0.1) is 32.1 Å². The van der Waals surface area contributed by atoms with E-state index in [2.05, 4.69) is 44.8 Å². The molecule has 4 aromatic rings. The van der Waals surface area contributed by atoms with Crippen molar-refractivity contribution >= 4 is 22.8 Å². The van der Waals surface area contributed by atoms with E-state index in [0.717, 1.165) is 61.9 Å². The van der Waals surface area contributed by atoms with Gasteiger partial charge < -0.3 is 36.7 Å². The minimum Gasteiger partial charge on any atom is -0.496 e. The van der Waals surface area contributed by atoms with Gasteiger partial charge in [0.1, 0.15) is 28.3 Å². The first-order valence-corrected chi connectivity index (χ1v) is 14.3. The van der Waals surface area contributed by atoms with Crippen LogP contribution in [0.5, 0.6) is 17.2 Å². The van der Waals surface area contributed by atoms with E-state index >= 15 is 0 Å². The lowest BCUT2D eigenvalue weighted by atomic mass is 9.93. The number of nitrogens with two attached hydrogens (primary N) is 2. The van der Waals surface area contributed by atoms with Crippen molar-refractivity contribution in [1.29, 1.82) is 0 Å². The molecule has 1 saturated carbocycles. The zero-order valence-electron chi connectivity index (χ0n) is 23.7. The smallest absolute Gasteiger partial charge is 0.222 e. The lowest BCUT2D eigenvalue weighted by Crippen LogP contribution is -2.34. The van der Waals surface area contributed by atoms with E-state index in [9.17, 15) is 5.11 Å². The van der Waals surface area contributed by atoms with Gasteiger partial charge >= 0.3 is 0 Å². The molecule has 2 heterocycles. The van der Waals surface area contributed by atoms with Gasteiger partial charge in [0.15, 0.2) is 5.82 Å². The lowest BCUT2D eigenvalue weighted by molar-refractivity contribution is 0.116. The number of hydrogen-bond donors (Lipinski definition) is 5. The van der Waals surface area contributed by atoms with Crippen LogP contribution in [-0.4, -0.2) is 50.3 Å². The van der Waals surface area contributed by atoms with E-state index < -0.39 is 0 Å². The number of nitrogen functional groups attached to an aromatic ring is 1. The van der Waals surface area contributed by atoms with Crippen LogP contribution in [0.3, 0.4) is 0 Å². The number of anilines is 2. The van der Waals surface area contributed by atoms with E-state index in [4.69, 9.17) is 20.9 Å². The first-order valence-electron chi connectivity index (χ1n) is 14.3. The van der Waals surface area contributed by atoms with Gasteiger partial charge in [-0.05, 0) is 61.9 Å². The molecule has 0 spiro atoms. The highest BCUT2D eigenvalue weighted by Crippen LogP contribution is 2.31. The molecule has 218 valence electrons. The third-order valence-electron chi connectivity index (χ3n) is 7.46. The van der Waals surface area contributed by atoms with Gasteiger partial charge in [-0.25, -0.2) is 4.98 Å². The molecular formula is C30H40N8O3. The number of rotatable bonds is 12. The van der Waals surface area contributed by atoms with Crippen molar-refractivity contribution in [2.45, 2.75) is 76.8 Å². The Morgan fingerprint density at radius 3 is 2.56 bits per heavy atom. The molecule has 5 rings (SSSR count). The van der Waals surface area contributed by atoms with Crippen LogP contribution in [-0.2, 0) is 13.1 Å². The third kappa shape index (κ3) is 7.24. The van der Waals surface area contributed by atoms with Gasteiger partial charge in [-0.2, -0.15) is 10.1 Å². The summed E-state index contributed by atoms with van der Waals surface area (Å²) in [7, 11) is 1.64. The molecule has 1 fully saturated rings. The van der Waals surface area contributed by atoms with Gasteiger partial charge in [0.25, 0.3) is 0 Å². The number of ether oxygens (including phenoxy) is 2. The number of nitrogens with zero attached hydrogens (tertiary/aromatic N) is 4. The molecule has 7 N–H and O–H groups in total. The second-order valence-electron chi connectivity index (χ2n) is 10.6. The van der Waals surface area contributed by atoms with E-state index in [-0.39, 0.29) is 18.2 Å². The van der Waals surface area contributed by atoms with Crippen molar-refractivity contribution in [3.63, 3.8) is 0 Å². The maximum absolute atomic E-state index is 9.70. The van der Waals surface area contributed by atoms with Crippen molar-refractivity contribution in [1.82, 2.24) is 25.1 Å². The summed E-state index contributed by atoms with van der Waals surface area (Å²) in [6.45, 7) is 3.30. The Labute approximate surface area is 240 Å². The highest BCUT2D eigenvalue weighted by molar-refractivity contribution is 5.86. The van der Waals surface area contributed by atoms with Crippen LogP contribution in [0, 0.1) is 0 Å². The fraction of sp³-hybridized carbons (Fsp3) is 0.433. The predicted octanol–water partition coefficient (Wildman–Crippen LogP) is 4.15. The number of hydrogen-bond acceptors (Lipinski definition) is 10. The second kappa shape index (κ2) is 13.2. The van der Waals surface area contributed by atoms with Crippen molar-refractivity contribution in [2.75, 3.05) is 18.2 Å². The molecule has 2 aromatic carbocycles. The quantitative estimate of drug-likeness (QED) is 0.159. The fourth-order valence-corrected chi connectivity index (χ4v) is 5.23. The molecule has 1 unspecified atom stereocenters. The van der Waals surface area contributed by atoms with Crippen molar-refractivity contribution in [2.24, 2.45) is 5.73 Å². The van der Waals surface area contributed by atoms with Gasteiger partial charge in [-0.15, -0.1) is 0 Å².